The number of sulfonamides is 1. The van der Waals surface area contributed by atoms with Crippen LogP contribution in [0.15, 0.2) is 29.2 Å². The van der Waals surface area contributed by atoms with Crippen molar-refractivity contribution in [1.82, 2.24) is 14.1 Å². The van der Waals surface area contributed by atoms with Crippen LogP contribution in [0.4, 0.5) is 0 Å². The summed E-state index contributed by atoms with van der Waals surface area (Å²) in [6, 6.07) is 5.63. The zero-order chi connectivity index (χ0) is 26.3. The number of halogens is 1. The molecule has 2 aliphatic heterocycles. The maximum absolute atomic E-state index is 13.9. The van der Waals surface area contributed by atoms with E-state index in [9.17, 15) is 23.4 Å². The van der Waals surface area contributed by atoms with Gasteiger partial charge < -0.3 is 15.1 Å². The lowest BCUT2D eigenvalue weighted by atomic mass is 9.82. The molecule has 1 saturated carbocycles. The number of rotatable bonds is 8. The molecule has 2 saturated heterocycles. The van der Waals surface area contributed by atoms with Gasteiger partial charge in [-0.15, -0.1) is 0 Å². The topological polar surface area (TPSA) is 101 Å². The number of aliphatic hydroxyl groups is 2. The van der Waals surface area contributed by atoms with Crippen LogP contribution in [0.2, 0.25) is 5.02 Å². The Bertz CT molecular complexity index is 1040. The quantitative estimate of drug-likeness (QED) is 0.525. The van der Waals surface area contributed by atoms with Crippen LogP contribution >= 0.6 is 11.6 Å². The van der Waals surface area contributed by atoms with Crippen molar-refractivity contribution in [3.05, 3.63) is 29.3 Å². The zero-order valence-corrected chi connectivity index (χ0v) is 23.1. The molecule has 10 heteroatoms. The van der Waals surface area contributed by atoms with Crippen molar-refractivity contribution in [3.8, 4) is 0 Å². The Morgan fingerprint density at radius 3 is 2.28 bits per heavy atom. The third-order valence-corrected chi connectivity index (χ3v) is 10.9. The first kappa shape index (κ1) is 27.8. The van der Waals surface area contributed by atoms with Gasteiger partial charge in [0, 0.05) is 54.2 Å². The van der Waals surface area contributed by atoms with Crippen LogP contribution in [0.5, 0.6) is 0 Å². The number of aliphatic hydroxyl groups excluding tert-OH is 2. The molecule has 1 aromatic carbocycles. The Morgan fingerprint density at radius 1 is 1.14 bits per heavy atom. The van der Waals surface area contributed by atoms with Gasteiger partial charge in [-0.25, -0.2) is 8.42 Å². The number of carbonyl (C=O) groups is 1. The second kappa shape index (κ2) is 10.5. The van der Waals surface area contributed by atoms with Crippen LogP contribution in [0.1, 0.15) is 59.3 Å². The van der Waals surface area contributed by atoms with Crippen LogP contribution in [0.25, 0.3) is 0 Å². The van der Waals surface area contributed by atoms with E-state index in [-0.39, 0.29) is 29.0 Å². The summed E-state index contributed by atoms with van der Waals surface area (Å²) >= 11 is 6.01. The summed E-state index contributed by atoms with van der Waals surface area (Å²) in [6.45, 7) is 8.17. The van der Waals surface area contributed by atoms with Crippen molar-refractivity contribution in [2.45, 2.75) is 87.9 Å². The Kier molecular flexibility index (Phi) is 8.11. The van der Waals surface area contributed by atoms with Gasteiger partial charge in [-0.1, -0.05) is 24.9 Å². The van der Waals surface area contributed by atoms with Gasteiger partial charge in [-0.05, 0) is 70.2 Å². The number of carbonyl (C=O) groups excluding carboxylic acids is 1. The predicted molar refractivity (Wildman–Crippen MR) is 139 cm³/mol. The highest BCUT2D eigenvalue weighted by atomic mass is 35.5. The Labute approximate surface area is 220 Å². The van der Waals surface area contributed by atoms with Gasteiger partial charge in [-0.3, -0.25) is 9.69 Å². The zero-order valence-electron chi connectivity index (χ0n) is 21.6. The number of amides is 1. The minimum atomic E-state index is -3.83. The van der Waals surface area contributed by atoms with E-state index in [2.05, 4.69) is 4.90 Å². The molecule has 0 spiro atoms. The molecule has 2 heterocycles. The standard InChI is InChI=1S/C26H40ClN3O5S/c1-4-20-6-5-7-22(30(20)36(34,35)21-10-8-19(27)9-11-21)26(12-13-26)23(32)24(33)28-14-16-29(17-15-28)25(2,3)18-31/h8-11,20,22-23,31-32H,4-7,12-18H2,1-3H3. The van der Waals surface area contributed by atoms with Gasteiger partial charge in [0.05, 0.1) is 11.5 Å². The van der Waals surface area contributed by atoms with Gasteiger partial charge in [0.2, 0.25) is 10.0 Å². The normalized spacial score (nSPS) is 26.6. The Balaban J connectivity index is 1.56. The third kappa shape index (κ3) is 5.07. The first-order chi connectivity index (χ1) is 17.0. The van der Waals surface area contributed by atoms with Crippen LogP contribution < -0.4 is 0 Å². The fourth-order valence-electron chi connectivity index (χ4n) is 6.06. The molecule has 1 aliphatic carbocycles. The highest BCUT2D eigenvalue weighted by molar-refractivity contribution is 7.89. The van der Waals surface area contributed by atoms with E-state index in [0.717, 1.165) is 12.8 Å². The molecule has 4 rings (SSSR count). The van der Waals surface area contributed by atoms with Gasteiger partial charge in [0.1, 0.15) is 6.10 Å². The largest absolute Gasteiger partial charge is 0.394 e. The summed E-state index contributed by atoms with van der Waals surface area (Å²) in [6.07, 6.45) is 2.96. The molecule has 3 fully saturated rings. The van der Waals surface area contributed by atoms with E-state index in [4.69, 9.17) is 11.6 Å². The molecule has 0 bridgehead atoms. The monoisotopic (exact) mass is 541 g/mol. The molecule has 3 atom stereocenters. The number of hydrogen-bond acceptors (Lipinski definition) is 6. The smallest absolute Gasteiger partial charge is 0.252 e. The van der Waals surface area contributed by atoms with Crippen LogP contribution in [0, 0.1) is 5.41 Å². The van der Waals surface area contributed by atoms with Gasteiger partial charge in [0.25, 0.3) is 5.91 Å². The molecule has 202 valence electrons. The van der Waals surface area contributed by atoms with Crippen molar-refractivity contribution in [2.24, 2.45) is 5.41 Å². The van der Waals surface area contributed by atoms with Crippen LogP contribution in [-0.4, -0.2) is 95.2 Å². The predicted octanol–water partition coefficient (Wildman–Crippen LogP) is 2.72. The Hall–Kier alpha value is -1.23. The number of benzene rings is 1. The van der Waals surface area contributed by atoms with Gasteiger partial charge in [-0.2, -0.15) is 4.31 Å². The maximum Gasteiger partial charge on any atom is 0.252 e. The van der Waals surface area contributed by atoms with Crippen molar-refractivity contribution >= 4 is 27.5 Å². The lowest BCUT2D eigenvalue weighted by Crippen LogP contribution is -2.61. The molecule has 3 aliphatic rings. The van der Waals surface area contributed by atoms with Gasteiger partial charge in [0.15, 0.2) is 0 Å². The van der Waals surface area contributed by atoms with E-state index in [1.54, 1.807) is 21.3 Å². The van der Waals surface area contributed by atoms with Crippen molar-refractivity contribution < 1.29 is 23.4 Å². The number of piperidine rings is 1. The van der Waals surface area contributed by atoms with Crippen molar-refractivity contribution in [2.75, 3.05) is 32.8 Å². The maximum atomic E-state index is 13.9. The molecule has 36 heavy (non-hydrogen) atoms. The molecule has 0 radical (unpaired) electrons. The van der Waals surface area contributed by atoms with Crippen molar-refractivity contribution in [1.29, 1.82) is 0 Å². The van der Waals surface area contributed by atoms with Crippen LogP contribution in [0.3, 0.4) is 0 Å². The summed E-state index contributed by atoms with van der Waals surface area (Å²) in [5, 5.41) is 21.6. The minimum Gasteiger partial charge on any atom is -0.394 e. The first-order valence-electron chi connectivity index (χ1n) is 13.1. The van der Waals surface area contributed by atoms with Crippen molar-refractivity contribution in [3.63, 3.8) is 0 Å². The summed E-state index contributed by atoms with van der Waals surface area (Å²) in [7, 11) is -3.83. The fraction of sp³-hybridized carbons (Fsp3) is 0.731. The number of piperazine rings is 1. The third-order valence-electron chi connectivity index (χ3n) is 8.65. The Morgan fingerprint density at radius 2 is 1.75 bits per heavy atom. The average molecular weight is 542 g/mol. The van der Waals surface area contributed by atoms with E-state index in [0.29, 0.717) is 56.9 Å². The first-order valence-corrected chi connectivity index (χ1v) is 14.9. The lowest BCUT2D eigenvalue weighted by Gasteiger charge is -2.47. The average Bonchev–Trinajstić information content (AvgIpc) is 3.69. The lowest BCUT2D eigenvalue weighted by molar-refractivity contribution is -0.149. The molecule has 0 aromatic heterocycles. The highest BCUT2D eigenvalue weighted by Crippen LogP contribution is 2.57. The van der Waals surface area contributed by atoms with E-state index < -0.39 is 27.6 Å². The van der Waals surface area contributed by atoms with E-state index in [1.807, 2.05) is 20.8 Å². The second-order valence-corrected chi connectivity index (χ2v) is 13.5. The summed E-state index contributed by atoms with van der Waals surface area (Å²) in [5.41, 5.74) is -1.12. The summed E-state index contributed by atoms with van der Waals surface area (Å²) < 4.78 is 29.4. The molecular weight excluding hydrogens is 502 g/mol. The molecule has 1 amide bonds. The highest BCUT2D eigenvalue weighted by Gasteiger charge is 2.62. The molecule has 8 nitrogen and oxygen atoms in total. The number of nitrogens with zero attached hydrogens (tertiary/aromatic N) is 3. The minimum absolute atomic E-state index is 0.0326. The molecule has 1 aromatic rings. The second-order valence-electron chi connectivity index (χ2n) is 11.2. The van der Waals surface area contributed by atoms with E-state index in [1.165, 1.54) is 12.1 Å². The molecule has 2 N–H and O–H groups in total. The molecule has 3 unspecified atom stereocenters. The fourth-order valence-corrected chi connectivity index (χ4v) is 8.20. The van der Waals surface area contributed by atoms with E-state index >= 15 is 0 Å². The SMILES string of the molecule is CCC1CCCC(C2(C(O)C(=O)N3CCN(C(C)(C)CO)CC3)CC2)N1S(=O)(=O)c1ccc(Cl)cc1. The summed E-state index contributed by atoms with van der Waals surface area (Å²) in [5.74, 6) is -0.309. The van der Waals surface area contributed by atoms with Gasteiger partial charge >= 0.3 is 0 Å². The molecular formula is C26H40ClN3O5S. The number of hydrogen-bond donors (Lipinski definition) is 2. The van der Waals surface area contributed by atoms with Crippen LogP contribution in [-0.2, 0) is 14.8 Å². The summed E-state index contributed by atoms with van der Waals surface area (Å²) in [4.78, 5) is 17.5.